The number of carboxylic acid groups (broad SMARTS) is 1. The minimum Gasteiger partial charge on any atom is -0.480 e. The average molecular weight is 277 g/mol. The van der Waals surface area contributed by atoms with E-state index in [-0.39, 0.29) is 0 Å². The summed E-state index contributed by atoms with van der Waals surface area (Å²) in [5.74, 6) is 0.132. The van der Waals surface area contributed by atoms with Gasteiger partial charge in [-0.05, 0) is 12.1 Å². The molecule has 6 heteroatoms. The van der Waals surface area contributed by atoms with Crippen molar-refractivity contribution in [1.82, 2.24) is 9.78 Å². The smallest absolute Gasteiger partial charge is 0.321 e. The van der Waals surface area contributed by atoms with Gasteiger partial charge in [-0.25, -0.2) is 4.68 Å². The minimum absolute atomic E-state index is 0.395. The molecule has 1 aromatic heterocycles. The number of thioether (sulfide) groups is 1. The number of aromatic nitrogens is 2. The third kappa shape index (κ3) is 3.84. The summed E-state index contributed by atoms with van der Waals surface area (Å²) < 4.78 is 1.80. The van der Waals surface area contributed by atoms with Gasteiger partial charge in [-0.15, -0.1) is 0 Å². The lowest BCUT2D eigenvalue weighted by Gasteiger charge is -2.04. The zero-order chi connectivity index (χ0) is 13.7. The Hall–Kier alpha value is -1.79. The van der Waals surface area contributed by atoms with E-state index in [9.17, 15) is 4.79 Å². The van der Waals surface area contributed by atoms with Crippen molar-refractivity contribution in [3.05, 3.63) is 48.3 Å². The molecular formula is C13H15N3O2S. The second-order valence-electron chi connectivity index (χ2n) is 4.09. The highest BCUT2D eigenvalue weighted by Crippen LogP contribution is 2.14. The van der Waals surface area contributed by atoms with E-state index in [1.807, 2.05) is 36.5 Å². The highest BCUT2D eigenvalue weighted by Gasteiger charge is 2.11. The molecule has 0 saturated heterocycles. The number of aliphatic carboxylic acids is 1. The lowest BCUT2D eigenvalue weighted by atomic mass is 10.3. The Bertz CT molecular complexity index is 542. The molecular weight excluding hydrogens is 262 g/mol. The molecule has 0 bridgehead atoms. The maximum atomic E-state index is 10.6. The van der Waals surface area contributed by atoms with Gasteiger partial charge >= 0.3 is 5.97 Å². The summed E-state index contributed by atoms with van der Waals surface area (Å²) in [6.07, 6.45) is 3.72. The molecule has 0 saturated carbocycles. The van der Waals surface area contributed by atoms with Crippen LogP contribution in [-0.2, 0) is 10.5 Å². The number of benzene rings is 1. The van der Waals surface area contributed by atoms with E-state index in [4.69, 9.17) is 10.8 Å². The van der Waals surface area contributed by atoms with E-state index in [1.54, 1.807) is 10.9 Å². The van der Waals surface area contributed by atoms with Gasteiger partial charge in [-0.2, -0.15) is 16.9 Å². The number of nitrogens with two attached hydrogens (primary N) is 1. The molecule has 0 spiro atoms. The van der Waals surface area contributed by atoms with Gasteiger partial charge in [-0.3, -0.25) is 4.79 Å². The summed E-state index contributed by atoms with van der Waals surface area (Å²) in [6.45, 7) is 0. The van der Waals surface area contributed by atoms with Crippen LogP contribution >= 0.6 is 11.8 Å². The van der Waals surface area contributed by atoms with Crippen molar-refractivity contribution in [2.75, 3.05) is 5.75 Å². The first kappa shape index (κ1) is 13.6. The van der Waals surface area contributed by atoms with Crippen LogP contribution in [0.4, 0.5) is 0 Å². The maximum Gasteiger partial charge on any atom is 0.321 e. The standard InChI is InChI=1S/C13H15N3O2S/c14-12(13(17)18)9-19-8-10-6-15-16(7-10)11-4-2-1-3-5-11/h1-7,12H,8-9,14H2,(H,17,18). The number of nitrogens with zero attached hydrogens (tertiary/aromatic N) is 2. The minimum atomic E-state index is -0.965. The van der Waals surface area contributed by atoms with Crippen molar-refractivity contribution in [1.29, 1.82) is 0 Å². The molecule has 19 heavy (non-hydrogen) atoms. The highest BCUT2D eigenvalue weighted by molar-refractivity contribution is 7.98. The van der Waals surface area contributed by atoms with E-state index < -0.39 is 12.0 Å². The van der Waals surface area contributed by atoms with Crippen LogP contribution < -0.4 is 5.73 Å². The summed E-state index contributed by atoms with van der Waals surface area (Å²) in [7, 11) is 0. The average Bonchev–Trinajstić information content (AvgIpc) is 2.88. The largest absolute Gasteiger partial charge is 0.480 e. The Morgan fingerprint density at radius 1 is 1.42 bits per heavy atom. The van der Waals surface area contributed by atoms with Crippen molar-refractivity contribution in [2.24, 2.45) is 5.73 Å². The van der Waals surface area contributed by atoms with Crippen LogP contribution in [0.3, 0.4) is 0 Å². The van der Waals surface area contributed by atoms with E-state index in [0.717, 1.165) is 11.3 Å². The van der Waals surface area contributed by atoms with E-state index in [2.05, 4.69) is 5.10 Å². The summed E-state index contributed by atoms with van der Waals surface area (Å²) in [5.41, 5.74) is 7.48. The van der Waals surface area contributed by atoms with Gasteiger partial charge in [0.25, 0.3) is 0 Å². The topological polar surface area (TPSA) is 81.1 Å². The van der Waals surface area contributed by atoms with Crippen LogP contribution in [0.15, 0.2) is 42.7 Å². The number of carboxylic acids is 1. The third-order valence-electron chi connectivity index (χ3n) is 2.54. The van der Waals surface area contributed by atoms with Crippen molar-refractivity contribution >= 4 is 17.7 Å². The zero-order valence-electron chi connectivity index (χ0n) is 10.3. The van der Waals surface area contributed by atoms with E-state index in [0.29, 0.717) is 11.5 Å². The van der Waals surface area contributed by atoms with Crippen LogP contribution in [0.25, 0.3) is 5.69 Å². The van der Waals surface area contributed by atoms with Gasteiger partial charge in [-0.1, -0.05) is 18.2 Å². The summed E-state index contributed by atoms with van der Waals surface area (Å²) in [6, 6.07) is 9.01. The molecule has 2 aromatic rings. The molecule has 5 nitrogen and oxygen atoms in total. The van der Waals surface area contributed by atoms with Gasteiger partial charge in [0, 0.05) is 23.3 Å². The van der Waals surface area contributed by atoms with Crippen LogP contribution in [0, 0.1) is 0 Å². The first-order valence-electron chi connectivity index (χ1n) is 5.82. The summed E-state index contributed by atoms with van der Waals surface area (Å²) >= 11 is 1.49. The SMILES string of the molecule is NC(CSCc1cnn(-c2ccccc2)c1)C(=O)O. The molecule has 1 atom stereocenters. The van der Waals surface area contributed by atoms with Gasteiger partial charge in [0.1, 0.15) is 6.04 Å². The Balaban J connectivity index is 1.90. The van der Waals surface area contributed by atoms with Crippen LogP contribution in [0.5, 0.6) is 0 Å². The molecule has 100 valence electrons. The fraction of sp³-hybridized carbons (Fsp3) is 0.231. The molecule has 0 aliphatic heterocycles. The molecule has 1 aromatic carbocycles. The number of carbonyl (C=O) groups is 1. The van der Waals surface area contributed by atoms with Crippen molar-refractivity contribution in [3.63, 3.8) is 0 Å². The van der Waals surface area contributed by atoms with Gasteiger partial charge < -0.3 is 10.8 Å². The van der Waals surface area contributed by atoms with Crippen LogP contribution in [0.1, 0.15) is 5.56 Å². The first-order chi connectivity index (χ1) is 9.16. The quantitative estimate of drug-likeness (QED) is 0.836. The number of hydrogen-bond acceptors (Lipinski definition) is 4. The Morgan fingerprint density at radius 3 is 2.84 bits per heavy atom. The number of hydrogen-bond donors (Lipinski definition) is 2. The molecule has 3 N–H and O–H groups in total. The first-order valence-corrected chi connectivity index (χ1v) is 6.97. The summed E-state index contributed by atoms with van der Waals surface area (Å²) in [5, 5.41) is 13.0. The Labute approximate surface area is 115 Å². The molecule has 1 heterocycles. The molecule has 0 aliphatic rings. The zero-order valence-corrected chi connectivity index (χ0v) is 11.1. The highest BCUT2D eigenvalue weighted by atomic mass is 32.2. The lowest BCUT2D eigenvalue weighted by Crippen LogP contribution is -2.32. The van der Waals surface area contributed by atoms with Gasteiger partial charge in [0.05, 0.1) is 11.9 Å². The van der Waals surface area contributed by atoms with Crippen molar-refractivity contribution in [2.45, 2.75) is 11.8 Å². The monoisotopic (exact) mass is 277 g/mol. The van der Waals surface area contributed by atoms with Gasteiger partial charge in [0.15, 0.2) is 0 Å². The van der Waals surface area contributed by atoms with Crippen molar-refractivity contribution in [3.8, 4) is 5.69 Å². The third-order valence-corrected chi connectivity index (χ3v) is 3.67. The van der Waals surface area contributed by atoms with E-state index in [1.165, 1.54) is 11.8 Å². The van der Waals surface area contributed by atoms with Crippen LogP contribution in [-0.4, -0.2) is 32.7 Å². The predicted molar refractivity (Wildman–Crippen MR) is 75.3 cm³/mol. The van der Waals surface area contributed by atoms with Gasteiger partial charge in [0.2, 0.25) is 0 Å². The number of rotatable bonds is 6. The second kappa shape index (κ2) is 6.40. The molecule has 0 aliphatic carbocycles. The van der Waals surface area contributed by atoms with E-state index >= 15 is 0 Å². The normalized spacial score (nSPS) is 12.3. The van der Waals surface area contributed by atoms with Crippen molar-refractivity contribution < 1.29 is 9.90 Å². The summed E-state index contributed by atoms with van der Waals surface area (Å²) in [4.78, 5) is 10.6. The molecule has 2 rings (SSSR count). The molecule has 0 fully saturated rings. The second-order valence-corrected chi connectivity index (χ2v) is 5.12. The fourth-order valence-corrected chi connectivity index (χ4v) is 2.43. The fourth-order valence-electron chi connectivity index (χ4n) is 1.53. The maximum absolute atomic E-state index is 10.6. The predicted octanol–water partition coefficient (Wildman–Crippen LogP) is 1.52. The van der Waals surface area contributed by atoms with Crippen LogP contribution in [0.2, 0.25) is 0 Å². The number of para-hydroxylation sites is 1. The lowest BCUT2D eigenvalue weighted by molar-refractivity contribution is -0.137. The molecule has 0 radical (unpaired) electrons. The Kier molecular flexibility index (Phi) is 4.59. The Morgan fingerprint density at radius 2 is 2.16 bits per heavy atom. The molecule has 1 unspecified atom stereocenters. The molecule has 0 amide bonds.